The molecule has 0 radical (unpaired) electrons. The zero-order valence-corrected chi connectivity index (χ0v) is 12.7. The first-order chi connectivity index (χ1) is 10.1. The van der Waals surface area contributed by atoms with Crippen molar-refractivity contribution in [2.75, 3.05) is 10.0 Å². The first-order valence-electron chi connectivity index (χ1n) is 7.24. The number of hydrogen-bond donors (Lipinski definition) is 2. The van der Waals surface area contributed by atoms with Gasteiger partial charge in [-0.1, -0.05) is 19.8 Å². The molecule has 2 aromatic rings. The summed E-state index contributed by atoms with van der Waals surface area (Å²) in [5.74, 6) is 0.576. The molecule has 0 bridgehead atoms. The molecule has 7 heteroatoms. The predicted octanol–water partition coefficient (Wildman–Crippen LogP) is 2.53. The monoisotopic (exact) mass is 307 g/mol. The van der Waals surface area contributed by atoms with Gasteiger partial charge in [0.1, 0.15) is 0 Å². The fourth-order valence-corrected chi connectivity index (χ4v) is 3.36. The van der Waals surface area contributed by atoms with Crippen LogP contribution >= 0.6 is 0 Å². The molecular weight excluding hydrogens is 288 g/mol. The number of fused-ring (bicyclic) bond motifs is 1. The van der Waals surface area contributed by atoms with Gasteiger partial charge in [0.2, 0.25) is 0 Å². The minimum Gasteiger partial charge on any atom is -0.755 e. The molecule has 2 heterocycles. The lowest BCUT2D eigenvalue weighted by molar-refractivity contribution is 0.350. The highest BCUT2D eigenvalue weighted by molar-refractivity contribution is 7.80. The Hall–Kier alpha value is -1.60. The summed E-state index contributed by atoms with van der Waals surface area (Å²) in [7, 11) is 0. The molecule has 3 atom stereocenters. The van der Waals surface area contributed by atoms with E-state index >= 15 is 0 Å². The van der Waals surface area contributed by atoms with E-state index in [9.17, 15) is 8.76 Å². The largest absolute Gasteiger partial charge is 0.755 e. The molecule has 0 saturated heterocycles. The molecule has 21 heavy (non-hydrogen) atoms. The second-order valence-corrected chi connectivity index (χ2v) is 6.29. The fraction of sp³-hybridized carbons (Fsp3) is 0.500. The predicted molar refractivity (Wildman–Crippen MR) is 82.8 cm³/mol. The number of nitrogens with zero attached hydrogens (tertiary/aromatic N) is 2. The van der Waals surface area contributed by atoms with Gasteiger partial charge in [-0.15, -0.1) is 0 Å². The summed E-state index contributed by atoms with van der Waals surface area (Å²) in [5.41, 5.74) is 2.17. The summed E-state index contributed by atoms with van der Waals surface area (Å²) in [4.78, 5) is 0. The Morgan fingerprint density at radius 2 is 2.24 bits per heavy atom. The second-order valence-electron chi connectivity index (χ2n) is 5.62. The number of anilines is 2. The minimum absolute atomic E-state index is 0.362. The van der Waals surface area contributed by atoms with Crippen molar-refractivity contribution in [2.24, 2.45) is 5.92 Å². The van der Waals surface area contributed by atoms with Crippen molar-refractivity contribution < 1.29 is 8.76 Å². The van der Waals surface area contributed by atoms with Crippen LogP contribution in [0.4, 0.5) is 11.4 Å². The lowest BCUT2D eigenvalue weighted by atomic mass is 9.86. The minimum atomic E-state index is -2.36. The van der Waals surface area contributed by atoms with Gasteiger partial charge in [-0.2, -0.15) is 5.10 Å². The van der Waals surface area contributed by atoms with E-state index in [0.717, 1.165) is 17.6 Å². The van der Waals surface area contributed by atoms with Crippen LogP contribution in [0, 0.1) is 5.92 Å². The molecular formula is C14H19N4O2S-. The van der Waals surface area contributed by atoms with Crippen molar-refractivity contribution in [2.45, 2.75) is 38.6 Å². The highest BCUT2D eigenvalue weighted by Gasteiger charge is 2.23. The van der Waals surface area contributed by atoms with E-state index in [-0.39, 0.29) is 0 Å². The summed E-state index contributed by atoms with van der Waals surface area (Å²) >= 11 is -2.36. The van der Waals surface area contributed by atoms with Gasteiger partial charge in [0, 0.05) is 23.5 Å². The zero-order chi connectivity index (χ0) is 14.8. The number of rotatable bonds is 4. The van der Waals surface area contributed by atoms with Crippen molar-refractivity contribution in [3.8, 4) is 0 Å². The Kier molecular flexibility index (Phi) is 4.12. The van der Waals surface area contributed by atoms with E-state index in [1.54, 1.807) is 10.7 Å². The van der Waals surface area contributed by atoms with Gasteiger partial charge in [-0.05, 0) is 30.9 Å². The molecule has 1 saturated carbocycles. The number of hydrogen-bond acceptors (Lipinski definition) is 4. The lowest BCUT2D eigenvalue weighted by Crippen LogP contribution is -2.31. The fourth-order valence-electron chi connectivity index (χ4n) is 3.03. The Morgan fingerprint density at radius 3 is 3.00 bits per heavy atom. The van der Waals surface area contributed by atoms with Gasteiger partial charge in [0.05, 0.1) is 23.1 Å². The Bertz CT molecular complexity index is 657. The standard InChI is InChI=1S/C14H20N4O2S/c1-10-5-2-3-6-11(10)16-14-12(17-21(19)20)9-15-18-8-4-7-13(14)18/h4,7-11,16-17H,2-3,5-6H2,1H3,(H,19,20)/p-1. The van der Waals surface area contributed by atoms with Crippen LogP contribution in [-0.2, 0) is 11.3 Å². The molecule has 0 aliphatic heterocycles. The van der Waals surface area contributed by atoms with Crippen molar-refractivity contribution >= 4 is 28.2 Å². The first-order valence-corrected chi connectivity index (χ1v) is 8.31. The maximum absolute atomic E-state index is 11.0. The van der Waals surface area contributed by atoms with E-state index in [0.29, 0.717) is 17.6 Å². The molecule has 0 amide bonds. The van der Waals surface area contributed by atoms with Crippen molar-refractivity contribution in [1.29, 1.82) is 0 Å². The van der Waals surface area contributed by atoms with Crippen molar-refractivity contribution in [1.82, 2.24) is 9.61 Å². The van der Waals surface area contributed by atoms with Crippen LogP contribution in [0.1, 0.15) is 32.6 Å². The molecule has 3 unspecified atom stereocenters. The Morgan fingerprint density at radius 1 is 1.43 bits per heavy atom. The first kappa shape index (κ1) is 14.3. The molecule has 1 fully saturated rings. The maximum atomic E-state index is 11.0. The lowest BCUT2D eigenvalue weighted by Gasteiger charge is -2.31. The molecule has 0 aromatic carbocycles. The van der Waals surface area contributed by atoms with Crippen LogP contribution in [0.5, 0.6) is 0 Å². The summed E-state index contributed by atoms with van der Waals surface area (Å²) < 4.78 is 26.1. The van der Waals surface area contributed by atoms with Crippen LogP contribution < -0.4 is 10.0 Å². The molecule has 2 aromatic heterocycles. The number of aromatic nitrogens is 2. The topological polar surface area (TPSA) is 81.5 Å². The summed E-state index contributed by atoms with van der Waals surface area (Å²) in [5, 5.41) is 7.74. The third kappa shape index (κ3) is 3.03. The van der Waals surface area contributed by atoms with E-state index in [1.807, 2.05) is 18.3 Å². The van der Waals surface area contributed by atoms with Crippen LogP contribution in [0.15, 0.2) is 24.5 Å². The van der Waals surface area contributed by atoms with Gasteiger partial charge in [-0.3, -0.25) is 4.21 Å². The van der Waals surface area contributed by atoms with E-state index in [4.69, 9.17) is 0 Å². The van der Waals surface area contributed by atoms with Crippen LogP contribution in [0.3, 0.4) is 0 Å². The maximum Gasteiger partial charge on any atom is 0.0911 e. The normalized spacial score (nSPS) is 23.9. The molecule has 2 N–H and O–H groups in total. The second kappa shape index (κ2) is 6.03. The summed E-state index contributed by atoms with van der Waals surface area (Å²) in [6, 6.07) is 4.19. The van der Waals surface area contributed by atoms with Crippen LogP contribution in [-0.4, -0.2) is 24.4 Å². The van der Waals surface area contributed by atoms with E-state index in [2.05, 4.69) is 22.1 Å². The molecule has 1 aliphatic carbocycles. The van der Waals surface area contributed by atoms with Gasteiger partial charge >= 0.3 is 0 Å². The van der Waals surface area contributed by atoms with Crippen LogP contribution in [0.25, 0.3) is 5.52 Å². The van der Waals surface area contributed by atoms with E-state index in [1.165, 1.54) is 19.3 Å². The molecule has 6 nitrogen and oxygen atoms in total. The molecule has 3 rings (SSSR count). The molecule has 1 aliphatic rings. The summed E-state index contributed by atoms with van der Waals surface area (Å²) in [6.45, 7) is 2.24. The van der Waals surface area contributed by atoms with Gasteiger partial charge in [0.25, 0.3) is 0 Å². The average Bonchev–Trinajstić information content (AvgIpc) is 2.91. The Labute approximate surface area is 126 Å². The SMILES string of the molecule is CC1CCCCC1Nc1c(NS(=O)[O-])cnn2cccc12. The van der Waals surface area contributed by atoms with Crippen LogP contribution in [0.2, 0.25) is 0 Å². The van der Waals surface area contributed by atoms with Crippen molar-refractivity contribution in [3.63, 3.8) is 0 Å². The van der Waals surface area contributed by atoms with Gasteiger partial charge < -0.3 is 14.6 Å². The summed E-state index contributed by atoms with van der Waals surface area (Å²) in [6.07, 6.45) is 8.18. The van der Waals surface area contributed by atoms with Gasteiger partial charge in [0.15, 0.2) is 0 Å². The highest BCUT2D eigenvalue weighted by atomic mass is 32.2. The Balaban J connectivity index is 1.97. The quantitative estimate of drug-likeness (QED) is 0.850. The number of nitrogens with one attached hydrogen (secondary N) is 2. The van der Waals surface area contributed by atoms with E-state index < -0.39 is 11.3 Å². The zero-order valence-electron chi connectivity index (χ0n) is 11.9. The average molecular weight is 307 g/mol. The van der Waals surface area contributed by atoms with Crippen molar-refractivity contribution in [3.05, 3.63) is 24.5 Å². The smallest absolute Gasteiger partial charge is 0.0911 e. The molecule has 114 valence electrons. The molecule has 0 spiro atoms. The third-order valence-electron chi connectivity index (χ3n) is 4.20. The third-order valence-corrected chi connectivity index (χ3v) is 4.59. The van der Waals surface area contributed by atoms with Gasteiger partial charge in [-0.25, -0.2) is 4.52 Å². The highest BCUT2D eigenvalue weighted by Crippen LogP contribution is 2.32.